The van der Waals surface area contributed by atoms with Gasteiger partial charge in [0.05, 0.1) is 41.0 Å². The molecular formula is C63H87N4O20P. The number of rotatable bonds is 33. The third-order valence-electron chi connectivity index (χ3n) is 14.9. The summed E-state index contributed by atoms with van der Waals surface area (Å²) in [7, 11) is 3.77. The van der Waals surface area contributed by atoms with E-state index in [1.54, 1.807) is 14.2 Å². The standard InChI is InChI=1S/C63H87N4O20P/c1-13-14-15-16-21-35-65(61(74)84-58-55(82-44(7)69)51(81-43(6)68)39-62(86-58,59(72)78-12)85-45(8)70)36-22-18-23-38-80-88(67(41(2)3)42(4)5)87-54-52(83-57(56(54)77-11)66-37-34-53(71)64-60(66)73)40-79-63(46-24-19-17-20-25-46,47-26-30-49(75-9)31-27-47)48-28-32-50(76-10)33-29-48/h17,19-20,24-34,37,41-42,51-52,54-58H,13-16,18,21-23,35-36,38-40H2,1-12H3,(H,64,71,73)/t51?,52-,54?,55?,56?,57-,58?,62?,88?/m1/s1. The zero-order chi connectivity index (χ0) is 64.1. The van der Waals surface area contributed by atoms with Crippen LogP contribution in [0, 0.1) is 0 Å². The van der Waals surface area contributed by atoms with E-state index in [1.807, 2.05) is 107 Å². The van der Waals surface area contributed by atoms with Gasteiger partial charge in [-0.25, -0.2) is 19.1 Å². The number of nitrogens with zero attached hydrogens (tertiary/aromatic N) is 3. The predicted molar refractivity (Wildman–Crippen MR) is 322 cm³/mol. The topological polar surface area (TPSA) is 267 Å². The van der Waals surface area contributed by atoms with Gasteiger partial charge < -0.3 is 61.3 Å². The summed E-state index contributed by atoms with van der Waals surface area (Å²) < 4.78 is 82.2. The molecule has 9 atom stereocenters. The van der Waals surface area contributed by atoms with Crippen LogP contribution in [0.4, 0.5) is 4.79 Å². The molecule has 3 aromatic carbocycles. The number of H-pyrrole nitrogens is 1. The molecule has 7 unspecified atom stereocenters. The molecule has 3 heterocycles. The number of esters is 4. The van der Waals surface area contributed by atoms with Gasteiger partial charge in [-0.05, 0) is 94.3 Å². The summed E-state index contributed by atoms with van der Waals surface area (Å²) in [5.74, 6) is -5.09. The summed E-state index contributed by atoms with van der Waals surface area (Å²) in [6.45, 7) is 14.0. The van der Waals surface area contributed by atoms with E-state index >= 15 is 0 Å². The predicted octanol–water partition coefficient (Wildman–Crippen LogP) is 8.84. The van der Waals surface area contributed by atoms with E-state index in [0.29, 0.717) is 37.2 Å². The second-order valence-corrected chi connectivity index (χ2v) is 23.3. The normalized spacial score (nSPS) is 21.4. The molecule has 484 valence electrons. The molecule has 1 amide bonds. The third kappa shape index (κ3) is 18.2. The van der Waals surface area contributed by atoms with Crippen molar-refractivity contribution in [1.82, 2.24) is 19.1 Å². The number of carbonyl (C=O) groups is 5. The van der Waals surface area contributed by atoms with E-state index in [-0.39, 0.29) is 38.4 Å². The fourth-order valence-electron chi connectivity index (χ4n) is 10.9. The van der Waals surface area contributed by atoms with E-state index in [2.05, 4.69) is 16.6 Å². The first-order valence-electron chi connectivity index (χ1n) is 29.8. The molecule has 2 fully saturated rings. The number of unbranched alkanes of at least 4 members (excludes halogenated alkanes) is 6. The monoisotopic (exact) mass is 1250 g/mol. The van der Waals surface area contributed by atoms with E-state index in [1.165, 1.54) is 28.8 Å². The first-order valence-corrected chi connectivity index (χ1v) is 30.9. The number of methoxy groups -OCH3 is 4. The Kier molecular flexibility index (Phi) is 26.9. The van der Waals surface area contributed by atoms with Crippen LogP contribution in [0.15, 0.2) is 101 Å². The third-order valence-corrected chi connectivity index (χ3v) is 17.0. The second kappa shape index (κ2) is 33.7. The lowest BCUT2D eigenvalue weighted by Gasteiger charge is -2.44. The molecule has 0 radical (unpaired) electrons. The van der Waals surface area contributed by atoms with E-state index in [4.69, 9.17) is 61.2 Å². The van der Waals surface area contributed by atoms with Crippen LogP contribution in [0.5, 0.6) is 11.5 Å². The fraction of sp³-hybridized carbons (Fsp3) is 0.571. The maximum atomic E-state index is 14.4. The highest BCUT2D eigenvalue weighted by molar-refractivity contribution is 7.44. The summed E-state index contributed by atoms with van der Waals surface area (Å²) in [5.41, 5.74) is -0.255. The lowest BCUT2D eigenvalue weighted by Crippen LogP contribution is -2.63. The van der Waals surface area contributed by atoms with Crippen LogP contribution in [0.3, 0.4) is 0 Å². The van der Waals surface area contributed by atoms with E-state index in [0.717, 1.165) is 70.3 Å². The Morgan fingerprint density at radius 2 is 1.28 bits per heavy atom. The fourth-order valence-corrected chi connectivity index (χ4v) is 12.7. The number of hydrogen-bond donors (Lipinski definition) is 1. The quantitative estimate of drug-likeness (QED) is 0.0153. The van der Waals surface area contributed by atoms with Crippen LogP contribution in [-0.4, -0.2) is 159 Å². The average Bonchev–Trinajstić information content (AvgIpc) is 1.11. The minimum Gasteiger partial charge on any atom is -0.497 e. The van der Waals surface area contributed by atoms with Crippen molar-refractivity contribution in [2.75, 3.05) is 54.7 Å². The number of carbonyl (C=O) groups excluding carboxylic acids is 5. The molecule has 1 aromatic heterocycles. The maximum absolute atomic E-state index is 14.4. The van der Waals surface area contributed by atoms with Gasteiger partial charge in [0.2, 0.25) is 12.4 Å². The number of benzene rings is 3. The summed E-state index contributed by atoms with van der Waals surface area (Å²) in [6, 6.07) is 26.0. The lowest BCUT2D eigenvalue weighted by atomic mass is 9.80. The molecular weight excluding hydrogens is 1160 g/mol. The van der Waals surface area contributed by atoms with Crippen molar-refractivity contribution < 1.29 is 85.1 Å². The number of aromatic nitrogens is 2. The summed E-state index contributed by atoms with van der Waals surface area (Å²) >= 11 is 0. The van der Waals surface area contributed by atoms with Crippen molar-refractivity contribution in [2.24, 2.45) is 0 Å². The highest BCUT2D eigenvalue weighted by Gasteiger charge is 2.60. The van der Waals surface area contributed by atoms with Gasteiger partial charge in [0.15, 0.2) is 12.3 Å². The van der Waals surface area contributed by atoms with Crippen molar-refractivity contribution in [2.45, 2.75) is 180 Å². The molecule has 2 saturated heterocycles. The molecule has 0 bridgehead atoms. The van der Waals surface area contributed by atoms with Crippen LogP contribution in [0.1, 0.15) is 136 Å². The van der Waals surface area contributed by atoms with Crippen molar-refractivity contribution in [1.29, 1.82) is 0 Å². The van der Waals surface area contributed by atoms with Gasteiger partial charge >= 0.3 is 41.4 Å². The van der Waals surface area contributed by atoms with Crippen LogP contribution in [0.25, 0.3) is 0 Å². The highest BCUT2D eigenvalue weighted by atomic mass is 31.2. The average molecular weight is 1250 g/mol. The first-order chi connectivity index (χ1) is 42.1. The Balaban J connectivity index is 1.28. The van der Waals surface area contributed by atoms with Crippen molar-refractivity contribution in [3.05, 3.63) is 129 Å². The van der Waals surface area contributed by atoms with Crippen LogP contribution in [0.2, 0.25) is 0 Å². The van der Waals surface area contributed by atoms with Gasteiger partial charge in [0.25, 0.3) is 14.1 Å². The van der Waals surface area contributed by atoms with Gasteiger partial charge in [-0.15, -0.1) is 0 Å². The smallest absolute Gasteiger partial charge is 0.412 e. The molecule has 2 aliphatic rings. The number of hydrogen-bond acceptors (Lipinski definition) is 21. The lowest BCUT2D eigenvalue weighted by molar-refractivity contribution is -0.341. The minimum absolute atomic E-state index is 0.0980. The molecule has 88 heavy (non-hydrogen) atoms. The zero-order valence-electron chi connectivity index (χ0n) is 52.5. The van der Waals surface area contributed by atoms with Crippen LogP contribution < -0.4 is 20.7 Å². The largest absolute Gasteiger partial charge is 0.497 e. The van der Waals surface area contributed by atoms with Crippen molar-refractivity contribution in [3.63, 3.8) is 0 Å². The molecule has 6 rings (SSSR count). The maximum Gasteiger partial charge on any atom is 0.412 e. The molecule has 0 saturated carbocycles. The second-order valence-electron chi connectivity index (χ2n) is 21.9. The summed E-state index contributed by atoms with van der Waals surface area (Å²) in [6.07, 6.45) is -3.26. The Morgan fingerprint density at radius 1 is 0.705 bits per heavy atom. The van der Waals surface area contributed by atoms with Crippen molar-refractivity contribution in [3.8, 4) is 11.5 Å². The Labute approximate surface area is 515 Å². The van der Waals surface area contributed by atoms with Gasteiger partial charge in [0.1, 0.15) is 35.4 Å². The number of aromatic amines is 1. The van der Waals surface area contributed by atoms with E-state index < -0.39 is 111 Å². The molecule has 24 nitrogen and oxygen atoms in total. The molecule has 0 spiro atoms. The van der Waals surface area contributed by atoms with E-state index in [9.17, 15) is 33.6 Å². The Bertz CT molecular complexity index is 2930. The van der Waals surface area contributed by atoms with Crippen LogP contribution >= 0.6 is 8.53 Å². The Morgan fingerprint density at radius 3 is 1.81 bits per heavy atom. The van der Waals surface area contributed by atoms with Crippen molar-refractivity contribution >= 4 is 38.5 Å². The summed E-state index contributed by atoms with van der Waals surface area (Å²) in [4.78, 5) is 94.8. The molecule has 25 heteroatoms. The molecule has 1 N–H and O–H groups in total. The van der Waals surface area contributed by atoms with Gasteiger partial charge in [-0.2, -0.15) is 0 Å². The van der Waals surface area contributed by atoms with Gasteiger partial charge in [-0.1, -0.05) is 87.2 Å². The SMILES string of the molecule is CCCCCCCN(CCCCCOP(OC1C(OC)[C@H](n2ccc(=O)[nH]c2=O)O[C@@H]1COC(c1ccccc1)(c1ccc(OC)cc1)c1ccc(OC)cc1)N(C(C)C)C(C)C)C(=O)OC1OC(OC(C)=O)(C(=O)OC)CC(OC(C)=O)C1OC(C)=O. The van der Waals surface area contributed by atoms with Crippen LogP contribution in [-0.2, 0) is 76.5 Å². The summed E-state index contributed by atoms with van der Waals surface area (Å²) in [5, 5.41) is 0. The zero-order valence-corrected chi connectivity index (χ0v) is 53.4. The Hall–Kier alpha value is -6.76. The molecule has 2 aliphatic heterocycles. The number of amides is 1. The highest BCUT2D eigenvalue weighted by Crippen LogP contribution is 2.51. The first kappa shape index (κ1) is 70.3. The van der Waals surface area contributed by atoms with Gasteiger partial charge in [0, 0.05) is 65.3 Å². The minimum atomic E-state index is -2.55. The number of nitrogens with one attached hydrogen (secondary N) is 1. The number of ether oxygens (including phenoxy) is 11. The molecule has 0 aliphatic carbocycles. The van der Waals surface area contributed by atoms with Gasteiger partial charge in [-0.3, -0.25) is 33.5 Å². The molecule has 4 aromatic rings.